The maximum atomic E-state index is 13.9. The van der Waals surface area contributed by atoms with Crippen LogP contribution >= 0.6 is 15.9 Å². The highest BCUT2D eigenvalue weighted by Gasteiger charge is 2.43. The van der Waals surface area contributed by atoms with E-state index in [4.69, 9.17) is 0 Å². The lowest BCUT2D eigenvalue weighted by Crippen LogP contribution is -2.44. The molecule has 7 heteroatoms. The van der Waals surface area contributed by atoms with Gasteiger partial charge in [0.1, 0.15) is 5.82 Å². The topological polar surface area (TPSA) is 20.3 Å². The van der Waals surface area contributed by atoms with Crippen LogP contribution in [0.3, 0.4) is 0 Å². The van der Waals surface area contributed by atoms with E-state index in [1.54, 1.807) is 6.92 Å². The summed E-state index contributed by atoms with van der Waals surface area (Å²) in [7, 11) is 0. The standard InChI is InChI=1S/C14H14BrF4NO/c1-8-5-10(12(16)6-11(8)15)13(21)20-4-2-3-9(7-20)14(17,18)19/h5-6,9H,2-4,7H2,1H3. The van der Waals surface area contributed by atoms with Crippen LogP contribution in [0.4, 0.5) is 17.6 Å². The molecule has 1 aromatic rings. The number of halogens is 5. The molecule has 1 saturated heterocycles. The van der Waals surface area contributed by atoms with Gasteiger partial charge in [-0.15, -0.1) is 0 Å². The summed E-state index contributed by atoms with van der Waals surface area (Å²) in [6, 6.07) is 2.52. The highest BCUT2D eigenvalue weighted by molar-refractivity contribution is 9.10. The molecule has 0 radical (unpaired) electrons. The fraction of sp³-hybridized carbons (Fsp3) is 0.500. The number of rotatable bonds is 1. The highest BCUT2D eigenvalue weighted by Crippen LogP contribution is 2.34. The minimum absolute atomic E-state index is 0.00906. The van der Waals surface area contributed by atoms with Crippen LogP contribution in [-0.4, -0.2) is 30.1 Å². The van der Waals surface area contributed by atoms with Crippen molar-refractivity contribution in [2.24, 2.45) is 5.92 Å². The fourth-order valence-corrected chi connectivity index (χ4v) is 2.74. The van der Waals surface area contributed by atoms with Gasteiger partial charge in [-0.05, 0) is 37.5 Å². The third-order valence-electron chi connectivity index (χ3n) is 3.65. The molecule has 0 saturated carbocycles. The Bertz CT molecular complexity index is 559. The molecule has 0 bridgehead atoms. The van der Waals surface area contributed by atoms with Gasteiger partial charge >= 0.3 is 6.18 Å². The molecule has 0 N–H and O–H groups in total. The Labute approximate surface area is 128 Å². The van der Waals surface area contributed by atoms with E-state index < -0.39 is 30.4 Å². The Balaban J connectivity index is 2.22. The lowest BCUT2D eigenvalue weighted by Gasteiger charge is -2.33. The molecule has 2 rings (SSSR count). The molecular weight excluding hydrogens is 354 g/mol. The molecule has 2 nitrogen and oxygen atoms in total. The molecule has 0 spiro atoms. The number of hydrogen-bond acceptors (Lipinski definition) is 1. The number of aryl methyl sites for hydroxylation is 1. The van der Waals surface area contributed by atoms with Crippen LogP contribution in [0, 0.1) is 18.7 Å². The molecule has 1 unspecified atom stereocenters. The van der Waals surface area contributed by atoms with Crippen LogP contribution in [0.5, 0.6) is 0 Å². The van der Waals surface area contributed by atoms with Crippen LogP contribution in [0.15, 0.2) is 16.6 Å². The number of piperidine rings is 1. The second-order valence-electron chi connectivity index (χ2n) is 5.21. The van der Waals surface area contributed by atoms with Crippen molar-refractivity contribution in [3.05, 3.63) is 33.5 Å². The summed E-state index contributed by atoms with van der Waals surface area (Å²) < 4.78 is 52.7. The third-order valence-corrected chi connectivity index (χ3v) is 4.50. The van der Waals surface area contributed by atoms with Gasteiger partial charge in [0.2, 0.25) is 0 Å². The molecule has 0 aliphatic carbocycles. The average molecular weight is 368 g/mol. The van der Waals surface area contributed by atoms with Crippen molar-refractivity contribution in [1.82, 2.24) is 4.90 Å². The smallest absolute Gasteiger partial charge is 0.338 e. The first-order valence-corrected chi connectivity index (χ1v) is 7.31. The summed E-state index contributed by atoms with van der Waals surface area (Å²) in [5, 5.41) is 0. The number of amides is 1. The molecular formula is C14H14BrF4NO. The largest absolute Gasteiger partial charge is 0.393 e. The van der Waals surface area contributed by atoms with Gasteiger partial charge in [-0.3, -0.25) is 4.79 Å². The number of carbonyl (C=O) groups is 1. The first-order chi connectivity index (χ1) is 9.70. The van der Waals surface area contributed by atoms with Crippen LogP contribution in [0.25, 0.3) is 0 Å². The molecule has 1 amide bonds. The fourth-order valence-electron chi connectivity index (χ4n) is 2.42. The van der Waals surface area contributed by atoms with E-state index in [9.17, 15) is 22.4 Å². The van der Waals surface area contributed by atoms with Gasteiger partial charge in [-0.2, -0.15) is 13.2 Å². The molecule has 1 heterocycles. The summed E-state index contributed by atoms with van der Waals surface area (Å²) in [6.07, 6.45) is -4.05. The van der Waals surface area contributed by atoms with E-state index in [1.807, 2.05) is 0 Å². The highest BCUT2D eigenvalue weighted by atomic mass is 79.9. The summed E-state index contributed by atoms with van der Waals surface area (Å²) >= 11 is 3.15. The Hall–Kier alpha value is -1.11. The van der Waals surface area contributed by atoms with E-state index in [1.165, 1.54) is 6.07 Å². The number of alkyl halides is 3. The van der Waals surface area contributed by atoms with E-state index in [0.29, 0.717) is 10.0 Å². The predicted molar refractivity (Wildman–Crippen MR) is 73.5 cm³/mol. The summed E-state index contributed by atoms with van der Waals surface area (Å²) in [6.45, 7) is 1.51. The predicted octanol–water partition coefficient (Wildman–Crippen LogP) is 4.31. The van der Waals surface area contributed by atoms with E-state index in [2.05, 4.69) is 15.9 Å². The van der Waals surface area contributed by atoms with Crippen molar-refractivity contribution in [2.75, 3.05) is 13.1 Å². The van der Waals surface area contributed by atoms with Crippen molar-refractivity contribution < 1.29 is 22.4 Å². The van der Waals surface area contributed by atoms with Crippen molar-refractivity contribution in [1.29, 1.82) is 0 Å². The van der Waals surface area contributed by atoms with Gasteiger partial charge in [0.25, 0.3) is 5.91 Å². The van der Waals surface area contributed by atoms with E-state index in [-0.39, 0.29) is 24.9 Å². The van der Waals surface area contributed by atoms with E-state index in [0.717, 1.165) is 11.0 Å². The van der Waals surface area contributed by atoms with Crippen LogP contribution in [0.1, 0.15) is 28.8 Å². The van der Waals surface area contributed by atoms with Crippen LogP contribution < -0.4 is 0 Å². The molecule has 1 fully saturated rings. The molecule has 1 atom stereocenters. The second-order valence-corrected chi connectivity index (χ2v) is 6.07. The Morgan fingerprint density at radius 3 is 2.67 bits per heavy atom. The van der Waals surface area contributed by atoms with Crippen molar-refractivity contribution in [3.63, 3.8) is 0 Å². The lowest BCUT2D eigenvalue weighted by atomic mass is 9.96. The minimum Gasteiger partial charge on any atom is -0.338 e. The van der Waals surface area contributed by atoms with Crippen molar-refractivity contribution >= 4 is 21.8 Å². The quantitative estimate of drug-likeness (QED) is 0.677. The number of nitrogens with zero attached hydrogens (tertiary/aromatic N) is 1. The second kappa shape index (κ2) is 5.94. The molecule has 0 aromatic heterocycles. The molecule has 1 aliphatic rings. The van der Waals surface area contributed by atoms with Gasteiger partial charge in [-0.25, -0.2) is 4.39 Å². The Morgan fingerprint density at radius 2 is 2.05 bits per heavy atom. The lowest BCUT2D eigenvalue weighted by molar-refractivity contribution is -0.184. The molecule has 116 valence electrons. The number of carbonyl (C=O) groups excluding carboxylic acids is 1. The zero-order valence-electron chi connectivity index (χ0n) is 11.3. The molecule has 21 heavy (non-hydrogen) atoms. The number of likely N-dealkylation sites (tertiary alicyclic amines) is 1. The summed E-state index contributed by atoms with van der Waals surface area (Å²) in [5.74, 6) is -2.95. The zero-order valence-corrected chi connectivity index (χ0v) is 12.9. The summed E-state index contributed by atoms with van der Waals surface area (Å²) in [4.78, 5) is 13.4. The van der Waals surface area contributed by atoms with Crippen molar-refractivity contribution in [3.8, 4) is 0 Å². The Kier molecular flexibility index (Phi) is 4.60. The van der Waals surface area contributed by atoms with Gasteiger partial charge in [0.05, 0.1) is 11.5 Å². The molecule has 1 aliphatic heterocycles. The Morgan fingerprint density at radius 1 is 1.38 bits per heavy atom. The third kappa shape index (κ3) is 3.56. The van der Waals surface area contributed by atoms with Gasteiger partial charge < -0.3 is 4.90 Å². The SMILES string of the molecule is Cc1cc(C(=O)N2CCCC(C(F)(F)F)C2)c(F)cc1Br. The average Bonchev–Trinajstić information content (AvgIpc) is 2.41. The van der Waals surface area contributed by atoms with E-state index >= 15 is 0 Å². The van der Waals surface area contributed by atoms with Crippen LogP contribution in [-0.2, 0) is 0 Å². The molecule has 1 aromatic carbocycles. The van der Waals surface area contributed by atoms with Gasteiger partial charge in [0, 0.05) is 17.6 Å². The summed E-state index contributed by atoms with van der Waals surface area (Å²) in [5.41, 5.74) is 0.475. The number of benzene rings is 1. The van der Waals surface area contributed by atoms with Crippen molar-refractivity contribution in [2.45, 2.75) is 25.9 Å². The first kappa shape index (κ1) is 16.3. The zero-order chi connectivity index (χ0) is 15.8. The number of hydrogen-bond donors (Lipinski definition) is 0. The minimum atomic E-state index is -4.33. The van der Waals surface area contributed by atoms with Gasteiger partial charge in [0.15, 0.2) is 0 Å². The maximum absolute atomic E-state index is 13.9. The van der Waals surface area contributed by atoms with Gasteiger partial charge in [-0.1, -0.05) is 15.9 Å². The van der Waals surface area contributed by atoms with Crippen LogP contribution in [0.2, 0.25) is 0 Å². The maximum Gasteiger partial charge on any atom is 0.393 e. The normalized spacial score (nSPS) is 19.7. The first-order valence-electron chi connectivity index (χ1n) is 6.51. The monoisotopic (exact) mass is 367 g/mol.